The van der Waals surface area contributed by atoms with E-state index in [0.717, 1.165) is 59.2 Å². The molecule has 0 amide bonds. The van der Waals surface area contributed by atoms with Gasteiger partial charge in [0, 0.05) is 21.7 Å². The number of thiophene rings is 1. The predicted molar refractivity (Wildman–Crippen MR) is 137 cm³/mol. The van der Waals surface area contributed by atoms with Gasteiger partial charge in [0.05, 0.1) is 5.52 Å². The molecular weight excluding hydrogens is 466 g/mol. The molecule has 0 unspecified atom stereocenters. The average molecular weight is 486 g/mol. The number of hydrogen-bond acceptors (Lipinski definition) is 6. The van der Waals surface area contributed by atoms with E-state index in [2.05, 4.69) is 23.1 Å². The van der Waals surface area contributed by atoms with Crippen molar-refractivity contribution in [1.29, 1.82) is 0 Å². The van der Waals surface area contributed by atoms with E-state index in [1.54, 1.807) is 22.2 Å². The number of halogens is 1. The molecule has 8 heteroatoms. The minimum atomic E-state index is 0.470. The molecule has 0 radical (unpaired) electrons. The Hall–Kier alpha value is -3.55. The summed E-state index contributed by atoms with van der Waals surface area (Å²) in [4.78, 5) is 15.2. The van der Waals surface area contributed by atoms with Crippen LogP contribution in [0.1, 0.15) is 22.4 Å². The molecule has 0 aliphatic carbocycles. The SMILES string of the molecule is Cc1cc(C)c2c(n1)sc1c2ncn2nc(-c3ccc(COc4ccc(Cl)c(C)c4)cc3)nc12. The highest BCUT2D eigenvalue weighted by molar-refractivity contribution is 7.26. The minimum Gasteiger partial charge on any atom is -0.489 e. The van der Waals surface area contributed by atoms with Crippen molar-refractivity contribution < 1.29 is 4.74 Å². The molecule has 0 spiro atoms. The maximum absolute atomic E-state index is 6.09. The van der Waals surface area contributed by atoms with Crippen LogP contribution in [0.4, 0.5) is 0 Å². The Bertz CT molecular complexity index is 1700. The van der Waals surface area contributed by atoms with Gasteiger partial charge in [0.1, 0.15) is 28.2 Å². The van der Waals surface area contributed by atoms with E-state index in [-0.39, 0.29) is 0 Å². The predicted octanol–water partition coefficient (Wildman–Crippen LogP) is 6.71. The van der Waals surface area contributed by atoms with Gasteiger partial charge < -0.3 is 4.74 Å². The quantitative estimate of drug-likeness (QED) is 0.277. The lowest BCUT2D eigenvalue weighted by Crippen LogP contribution is -1.96. The van der Waals surface area contributed by atoms with Crippen LogP contribution in [0, 0.1) is 20.8 Å². The van der Waals surface area contributed by atoms with Crippen LogP contribution >= 0.6 is 22.9 Å². The van der Waals surface area contributed by atoms with Crippen molar-refractivity contribution in [2.45, 2.75) is 27.4 Å². The number of aryl methyl sites for hydroxylation is 3. The van der Waals surface area contributed by atoms with Crippen LogP contribution in [-0.4, -0.2) is 24.6 Å². The summed E-state index contributed by atoms with van der Waals surface area (Å²) < 4.78 is 8.66. The fraction of sp³-hybridized carbons (Fsp3) is 0.154. The summed E-state index contributed by atoms with van der Waals surface area (Å²) in [6, 6.07) is 15.9. The van der Waals surface area contributed by atoms with E-state index in [0.29, 0.717) is 12.4 Å². The third-order valence-electron chi connectivity index (χ3n) is 5.84. The van der Waals surface area contributed by atoms with Crippen molar-refractivity contribution in [1.82, 2.24) is 24.6 Å². The van der Waals surface area contributed by atoms with Crippen molar-refractivity contribution >= 4 is 49.0 Å². The Morgan fingerprint density at radius 3 is 2.59 bits per heavy atom. The van der Waals surface area contributed by atoms with Gasteiger partial charge in [-0.2, -0.15) is 0 Å². The van der Waals surface area contributed by atoms with Gasteiger partial charge in [-0.1, -0.05) is 35.9 Å². The monoisotopic (exact) mass is 485 g/mol. The summed E-state index contributed by atoms with van der Waals surface area (Å²) >= 11 is 7.71. The molecule has 4 aromatic heterocycles. The second kappa shape index (κ2) is 8.04. The van der Waals surface area contributed by atoms with E-state index in [9.17, 15) is 0 Å². The lowest BCUT2D eigenvalue weighted by atomic mass is 10.1. The van der Waals surface area contributed by atoms with Crippen LogP contribution in [0.25, 0.3) is 37.5 Å². The van der Waals surface area contributed by atoms with Gasteiger partial charge in [-0.15, -0.1) is 16.4 Å². The molecule has 6 nitrogen and oxygen atoms in total. The summed E-state index contributed by atoms with van der Waals surface area (Å²) in [5.41, 5.74) is 6.91. The number of hydrogen-bond donors (Lipinski definition) is 0. The second-order valence-electron chi connectivity index (χ2n) is 8.39. The van der Waals surface area contributed by atoms with Gasteiger partial charge in [0.2, 0.25) is 0 Å². The van der Waals surface area contributed by atoms with Crippen LogP contribution in [0.15, 0.2) is 54.9 Å². The van der Waals surface area contributed by atoms with E-state index in [1.165, 1.54) is 5.56 Å². The molecular formula is C26H20ClN5OS. The molecule has 4 heterocycles. The van der Waals surface area contributed by atoms with E-state index < -0.39 is 0 Å². The number of pyridine rings is 1. The van der Waals surface area contributed by atoms with E-state index in [4.69, 9.17) is 26.3 Å². The molecule has 0 N–H and O–H groups in total. The van der Waals surface area contributed by atoms with Crippen molar-refractivity contribution in [2.24, 2.45) is 0 Å². The normalized spacial score (nSPS) is 11.6. The zero-order valence-electron chi connectivity index (χ0n) is 18.8. The summed E-state index contributed by atoms with van der Waals surface area (Å²) in [5, 5.41) is 6.50. The minimum absolute atomic E-state index is 0.470. The maximum atomic E-state index is 6.09. The standard InChI is InChI=1S/C26H20ClN5OS/c1-14-11-19(8-9-20(14)27)33-12-17-4-6-18(7-5-17)24-30-25-23-22(28-13-32(25)31-24)21-15(2)10-16(3)29-26(21)34-23/h4-11,13H,12H2,1-3H3. The molecule has 6 aromatic rings. The lowest BCUT2D eigenvalue weighted by molar-refractivity contribution is 0.306. The molecule has 0 aliphatic rings. The highest BCUT2D eigenvalue weighted by atomic mass is 35.5. The molecule has 6 rings (SSSR count). The largest absolute Gasteiger partial charge is 0.489 e. The van der Waals surface area contributed by atoms with Gasteiger partial charge in [0.15, 0.2) is 11.5 Å². The molecule has 0 fully saturated rings. The van der Waals surface area contributed by atoms with Crippen molar-refractivity contribution in [2.75, 3.05) is 0 Å². The fourth-order valence-corrected chi connectivity index (χ4v) is 5.46. The summed E-state index contributed by atoms with van der Waals surface area (Å²) in [6.07, 6.45) is 1.73. The van der Waals surface area contributed by atoms with Crippen LogP contribution < -0.4 is 4.74 Å². The number of benzene rings is 2. The fourth-order valence-electron chi connectivity index (χ4n) is 4.11. The highest BCUT2D eigenvalue weighted by Crippen LogP contribution is 2.36. The molecule has 0 atom stereocenters. The first-order valence-corrected chi connectivity index (χ1v) is 12.1. The van der Waals surface area contributed by atoms with Crippen molar-refractivity contribution in [3.63, 3.8) is 0 Å². The molecule has 168 valence electrons. The third-order valence-corrected chi connectivity index (χ3v) is 7.33. The number of ether oxygens (including phenoxy) is 1. The molecule has 34 heavy (non-hydrogen) atoms. The van der Waals surface area contributed by atoms with Gasteiger partial charge in [-0.25, -0.2) is 19.5 Å². The second-order valence-corrected chi connectivity index (χ2v) is 9.79. The van der Waals surface area contributed by atoms with Gasteiger partial charge >= 0.3 is 0 Å². The molecule has 0 saturated carbocycles. The van der Waals surface area contributed by atoms with E-state index in [1.807, 2.05) is 56.3 Å². The third kappa shape index (κ3) is 3.57. The Kier molecular flexibility index (Phi) is 4.97. The first kappa shape index (κ1) is 21.0. The Labute approximate surface area is 204 Å². The zero-order chi connectivity index (χ0) is 23.4. The highest BCUT2D eigenvalue weighted by Gasteiger charge is 2.17. The number of fused-ring (bicyclic) bond motifs is 5. The average Bonchev–Trinajstić information content (AvgIpc) is 3.41. The van der Waals surface area contributed by atoms with Gasteiger partial charge in [-0.05, 0) is 61.7 Å². The lowest BCUT2D eigenvalue weighted by Gasteiger charge is -2.08. The van der Waals surface area contributed by atoms with Crippen molar-refractivity contribution in [3.05, 3.63) is 82.3 Å². The van der Waals surface area contributed by atoms with Gasteiger partial charge in [0.25, 0.3) is 0 Å². The van der Waals surface area contributed by atoms with Crippen LogP contribution in [0.5, 0.6) is 5.75 Å². The number of rotatable bonds is 4. The zero-order valence-corrected chi connectivity index (χ0v) is 20.4. The summed E-state index contributed by atoms with van der Waals surface area (Å²) in [7, 11) is 0. The van der Waals surface area contributed by atoms with E-state index >= 15 is 0 Å². The smallest absolute Gasteiger partial charge is 0.182 e. The van der Waals surface area contributed by atoms with Gasteiger partial charge in [-0.3, -0.25) is 0 Å². The number of aromatic nitrogens is 5. The Balaban J connectivity index is 1.31. The Morgan fingerprint density at radius 1 is 0.971 bits per heavy atom. The first-order chi connectivity index (χ1) is 16.5. The van der Waals surface area contributed by atoms with Crippen molar-refractivity contribution in [3.8, 4) is 17.1 Å². The number of nitrogens with zero attached hydrogens (tertiary/aromatic N) is 5. The van der Waals surface area contributed by atoms with Crippen LogP contribution in [0.2, 0.25) is 5.02 Å². The first-order valence-electron chi connectivity index (χ1n) is 10.9. The molecule has 0 aliphatic heterocycles. The Morgan fingerprint density at radius 2 is 1.79 bits per heavy atom. The summed E-state index contributed by atoms with van der Waals surface area (Å²) in [6.45, 7) is 6.55. The van der Waals surface area contributed by atoms with Crippen LogP contribution in [0.3, 0.4) is 0 Å². The molecule has 0 saturated heterocycles. The van der Waals surface area contributed by atoms with Crippen LogP contribution in [-0.2, 0) is 6.61 Å². The topological polar surface area (TPSA) is 65.2 Å². The maximum Gasteiger partial charge on any atom is 0.182 e. The summed E-state index contributed by atoms with van der Waals surface area (Å²) in [5.74, 6) is 1.46. The molecule has 0 bridgehead atoms. The molecule has 2 aromatic carbocycles.